The summed E-state index contributed by atoms with van der Waals surface area (Å²) in [6.45, 7) is 5.41. The van der Waals surface area contributed by atoms with Crippen LogP contribution in [0.1, 0.15) is 0 Å². The van der Waals surface area contributed by atoms with E-state index in [1.165, 1.54) is 0 Å². The van der Waals surface area contributed by atoms with Crippen LogP contribution in [0.25, 0.3) is 0 Å². The summed E-state index contributed by atoms with van der Waals surface area (Å²) in [5, 5.41) is 10.3. The molecule has 1 aromatic carbocycles. The summed E-state index contributed by atoms with van der Waals surface area (Å²) < 4.78 is 17.2. The molecular formula is C21H28ClN3O4. The molecule has 0 spiro atoms. The first-order chi connectivity index (χ1) is 13.8. The number of fused-ring (bicyclic) bond motifs is 1. The lowest BCUT2D eigenvalue weighted by Crippen LogP contribution is -2.49. The van der Waals surface area contributed by atoms with Crippen LogP contribution in [0.3, 0.4) is 0 Å². The molecule has 8 heteroatoms. The van der Waals surface area contributed by atoms with Crippen molar-refractivity contribution < 1.29 is 19.3 Å². The Kier molecular flexibility index (Phi) is 7.94. The largest absolute Gasteiger partial charge is 0.486 e. The Morgan fingerprint density at radius 3 is 2.59 bits per heavy atom. The second kappa shape index (κ2) is 10.6. The SMILES string of the molecule is Cl.OC(COCC1COc2ccccc2O1)CN1CCN(c2ccccn2)CC1. The molecule has 0 aliphatic carbocycles. The monoisotopic (exact) mass is 421 g/mol. The number of anilines is 1. The zero-order chi connectivity index (χ0) is 19.2. The Balaban J connectivity index is 0.00000240. The van der Waals surface area contributed by atoms with Crippen LogP contribution in [0, 0.1) is 0 Å². The van der Waals surface area contributed by atoms with E-state index < -0.39 is 6.10 Å². The molecule has 2 aliphatic rings. The van der Waals surface area contributed by atoms with E-state index in [4.69, 9.17) is 14.2 Å². The van der Waals surface area contributed by atoms with E-state index in [9.17, 15) is 5.11 Å². The lowest BCUT2D eigenvalue weighted by Gasteiger charge is -2.36. The summed E-state index contributed by atoms with van der Waals surface area (Å²) in [6, 6.07) is 13.6. The van der Waals surface area contributed by atoms with Crippen LogP contribution in [0.5, 0.6) is 11.5 Å². The number of hydrogen-bond acceptors (Lipinski definition) is 7. The van der Waals surface area contributed by atoms with E-state index in [0.717, 1.165) is 43.5 Å². The van der Waals surface area contributed by atoms with E-state index in [1.807, 2.05) is 48.7 Å². The highest BCUT2D eigenvalue weighted by molar-refractivity contribution is 5.85. The topological polar surface area (TPSA) is 67.3 Å². The van der Waals surface area contributed by atoms with Gasteiger partial charge in [0.25, 0.3) is 0 Å². The highest BCUT2D eigenvalue weighted by Crippen LogP contribution is 2.30. The first-order valence-corrected chi connectivity index (χ1v) is 9.80. The fourth-order valence-corrected chi connectivity index (χ4v) is 3.53. The number of piperazine rings is 1. The quantitative estimate of drug-likeness (QED) is 0.731. The normalized spacial score (nSPS) is 20.0. The van der Waals surface area contributed by atoms with Crippen LogP contribution in [0.4, 0.5) is 5.82 Å². The Hall–Kier alpha value is -2.06. The molecule has 2 unspecified atom stereocenters. The molecule has 1 aromatic heterocycles. The Bertz CT molecular complexity index is 744. The third-order valence-corrected chi connectivity index (χ3v) is 5.00. The second-order valence-corrected chi connectivity index (χ2v) is 7.16. The van der Waals surface area contributed by atoms with Gasteiger partial charge in [-0.3, -0.25) is 4.90 Å². The van der Waals surface area contributed by atoms with Crippen molar-refractivity contribution in [3.8, 4) is 11.5 Å². The standard InChI is InChI=1S/C21H27N3O4.ClH/c25-17(13-23-9-11-24(12-10-23)21-7-3-4-8-22-21)14-26-15-18-16-27-19-5-1-2-6-20(19)28-18;/h1-8,17-18,25H,9-16H2;1H. The van der Waals surface area contributed by atoms with Gasteiger partial charge in [-0.15, -0.1) is 12.4 Å². The van der Waals surface area contributed by atoms with Crippen molar-refractivity contribution in [3.05, 3.63) is 48.7 Å². The molecule has 2 aromatic rings. The van der Waals surface area contributed by atoms with Gasteiger partial charge < -0.3 is 24.2 Å². The van der Waals surface area contributed by atoms with E-state index >= 15 is 0 Å². The van der Waals surface area contributed by atoms with Crippen molar-refractivity contribution >= 4 is 18.2 Å². The maximum absolute atomic E-state index is 10.3. The maximum Gasteiger partial charge on any atom is 0.161 e. The highest BCUT2D eigenvalue weighted by Gasteiger charge is 2.22. The molecule has 4 rings (SSSR count). The number of β-amino-alcohol motifs (C(OH)–C–C–N with tert-alkyl or cyclic N) is 1. The summed E-state index contributed by atoms with van der Waals surface area (Å²) in [4.78, 5) is 8.95. The summed E-state index contributed by atoms with van der Waals surface area (Å²) in [5.74, 6) is 2.53. The number of para-hydroxylation sites is 2. The Labute approximate surface area is 177 Å². The minimum atomic E-state index is -0.516. The number of aromatic nitrogens is 1. The van der Waals surface area contributed by atoms with Crippen molar-refractivity contribution in [3.63, 3.8) is 0 Å². The first kappa shape index (κ1) is 21.6. The zero-order valence-electron chi connectivity index (χ0n) is 16.4. The van der Waals surface area contributed by atoms with Gasteiger partial charge in [-0.1, -0.05) is 18.2 Å². The van der Waals surface area contributed by atoms with E-state index in [0.29, 0.717) is 26.4 Å². The van der Waals surface area contributed by atoms with Gasteiger partial charge in [0.1, 0.15) is 12.4 Å². The number of hydrogen-bond donors (Lipinski definition) is 1. The van der Waals surface area contributed by atoms with Crippen molar-refractivity contribution in [1.29, 1.82) is 0 Å². The van der Waals surface area contributed by atoms with Crippen LogP contribution in [0.15, 0.2) is 48.7 Å². The molecule has 1 fully saturated rings. The van der Waals surface area contributed by atoms with Gasteiger partial charge in [0.15, 0.2) is 17.6 Å². The van der Waals surface area contributed by atoms with Crippen molar-refractivity contribution in [1.82, 2.24) is 9.88 Å². The molecule has 2 aliphatic heterocycles. The molecule has 158 valence electrons. The van der Waals surface area contributed by atoms with Crippen LogP contribution in [-0.4, -0.2) is 79.7 Å². The number of rotatable bonds is 7. The number of aliphatic hydroxyl groups excluding tert-OH is 1. The number of pyridine rings is 1. The van der Waals surface area contributed by atoms with Gasteiger partial charge >= 0.3 is 0 Å². The fourth-order valence-electron chi connectivity index (χ4n) is 3.53. The third-order valence-electron chi connectivity index (χ3n) is 5.00. The predicted octanol–water partition coefficient (Wildman–Crippen LogP) is 1.84. The number of aliphatic hydroxyl groups is 1. The van der Waals surface area contributed by atoms with Crippen LogP contribution in [-0.2, 0) is 4.74 Å². The Morgan fingerprint density at radius 2 is 1.83 bits per heavy atom. The fraction of sp³-hybridized carbons (Fsp3) is 0.476. The Morgan fingerprint density at radius 1 is 1.07 bits per heavy atom. The van der Waals surface area contributed by atoms with Crippen molar-refractivity contribution in [2.75, 3.05) is 57.4 Å². The minimum Gasteiger partial charge on any atom is -0.486 e. The van der Waals surface area contributed by atoms with Gasteiger partial charge in [-0.05, 0) is 24.3 Å². The zero-order valence-corrected chi connectivity index (χ0v) is 17.2. The second-order valence-electron chi connectivity index (χ2n) is 7.16. The summed E-state index contributed by atoms with van der Waals surface area (Å²) in [5.41, 5.74) is 0. The van der Waals surface area contributed by atoms with Crippen molar-refractivity contribution in [2.45, 2.75) is 12.2 Å². The molecule has 0 saturated carbocycles. The maximum atomic E-state index is 10.3. The van der Waals surface area contributed by atoms with E-state index in [2.05, 4.69) is 14.8 Å². The molecule has 0 radical (unpaired) electrons. The van der Waals surface area contributed by atoms with Crippen LogP contribution in [0.2, 0.25) is 0 Å². The summed E-state index contributed by atoms with van der Waals surface area (Å²) >= 11 is 0. The highest BCUT2D eigenvalue weighted by atomic mass is 35.5. The summed E-state index contributed by atoms with van der Waals surface area (Å²) in [6.07, 6.45) is 1.16. The predicted molar refractivity (Wildman–Crippen MR) is 113 cm³/mol. The van der Waals surface area contributed by atoms with Gasteiger partial charge in [0, 0.05) is 38.9 Å². The van der Waals surface area contributed by atoms with Gasteiger partial charge in [-0.2, -0.15) is 0 Å². The van der Waals surface area contributed by atoms with Gasteiger partial charge in [0.05, 0.1) is 19.3 Å². The number of ether oxygens (including phenoxy) is 3. The molecule has 29 heavy (non-hydrogen) atoms. The summed E-state index contributed by atoms with van der Waals surface area (Å²) in [7, 11) is 0. The number of nitrogens with zero attached hydrogens (tertiary/aromatic N) is 3. The molecule has 0 bridgehead atoms. The van der Waals surface area contributed by atoms with Crippen molar-refractivity contribution in [2.24, 2.45) is 0 Å². The molecule has 3 heterocycles. The smallest absolute Gasteiger partial charge is 0.161 e. The van der Waals surface area contributed by atoms with Crippen LogP contribution < -0.4 is 14.4 Å². The van der Waals surface area contributed by atoms with Gasteiger partial charge in [-0.25, -0.2) is 4.98 Å². The molecule has 7 nitrogen and oxygen atoms in total. The number of halogens is 1. The van der Waals surface area contributed by atoms with Crippen LogP contribution >= 0.6 is 12.4 Å². The first-order valence-electron chi connectivity index (χ1n) is 9.80. The molecule has 1 saturated heterocycles. The number of benzene rings is 1. The van der Waals surface area contributed by atoms with Gasteiger partial charge in [0.2, 0.25) is 0 Å². The minimum absolute atomic E-state index is 0. The lowest BCUT2D eigenvalue weighted by molar-refractivity contribution is -0.0292. The lowest BCUT2D eigenvalue weighted by atomic mass is 10.2. The molecular weight excluding hydrogens is 394 g/mol. The molecule has 1 N–H and O–H groups in total. The average molecular weight is 422 g/mol. The molecule has 2 atom stereocenters. The molecule has 0 amide bonds. The average Bonchev–Trinajstić information content (AvgIpc) is 2.75. The van der Waals surface area contributed by atoms with E-state index in [1.54, 1.807) is 0 Å². The van der Waals surface area contributed by atoms with E-state index in [-0.39, 0.29) is 18.5 Å². The third kappa shape index (κ3) is 5.96.